The molecule has 0 unspecified atom stereocenters. The highest BCUT2D eigenvalue weighted by atomic mass is 16.5. The van der Waals surface area contributed by atoms with Gasteiger partial charge in [0.2, 0.25) is 0 Å². The van der Waals surface area contributed by atoms with Crippen LogP contribution < -0.4 is 0 Å². The molecule has 3 aliphatic rings. The molecule has 0 bridgehead atoms. The Morgan fingerprint density at radius 2 is 1.62 bits per heavy atom. The van der Waals surface area contributed by atoms with Crippen molar-refractivity contribution in [2.45, 2.75) is 19.3 Å². The first kappa shape index (κ1) is 14.8. The molecule has 0 aromatic heterocycles. The van der Waals surface area contributed by atoms with Gasteiger partial charge in [-0.2, -0.15) is 0 Å². The first-order valence-electron chi connectivity index (χ1n) is 7.94. The van der Waals surface area contributed by atoms with Gasteiger partial charge in [-0.15, -0.1) is 0 Å². The Kier molecular flexibility index (Phi) is 4.17. The standard InChI is InChI=1S/C15H25N3O3/c1-16-6-4-15(11-16)3-2-5-18(12-15)14(20)13(19)17-7-9-21-10-8-17/h2-12H2,1H3/t15-/m0/s1. The normalized spacial score (nSPS) is 30.9. The number of likely N-dealkylation sites (tertiary alicyclic amines) is 2. The fraction of sp³-hybridized carbons (Fsp3) is 0.867. The fourth-order valence-electron chi connectivity index (χ4n) is 3.91. The second kappa shape index (κ2) is 5.93. The molecule has 1 spiro atoms. The van der Waals surface area contributed by atoms with Gasteiger partial charge in [0.15, 0.2) is 0 Å². The van der Waals surface area contributed by atoms with Crippen LogP contribution in [-0.4, -0.2) is 86.0 Å². The first-order valence-corrected chi connectivity index (χ1v) is 7.94. The van der Waals surface area contributed by atoms with E-state index in [9.17, 15) is 9.59 Å². The molecule has 3 rings (SSSR count). The van der Waals surface area contributed by atoms with E-state index in [-0.39, 0.29) is 17.2 Å². The topological polar surface area (TPSA) is 53.1 Å². The van der Waals surface area contributed by atoms with Crippen molar-refractivity contribution in [3.05, 3.63) is 0 Å². The molecule has 0 radical (unpaired) electrons. The van der Waals surface area contributed by atoms with Gasteiger partial charge < -0.3 is 19.4 Å². The highest BCUT2D eigenvalue weighted by Gasteiger charge is 2.42. The van der Waals surface area contributed by atoms with Gasteiger partial charge >= 0.3 is 11.8 Å². The maximum atomic E-state index is 12.5. The van der Waals surface area contributed by atoms with Gasteiger partial charge in [0.05, 0.1) is 13.2 Å². The number of piperidine rings is 1. The van der Waals surface area contributed by atoms with Crippen molar-refractivity contribution < 1.29 is 14.3 Å². The number of ether oxygens (including phenoxy) is 1. The van der Waals surface area contributed by atoms with E-state index in [4.69, 9.17) is 4.74 Å². The minimum atomic E-state index is -0.346. The summed E-state index contributed by atoms with van der Waals surface area (Å²) in [5.74, 6) is -0.660. The molecule has 0 saturated carbocycles. The summed E-state index contributed by atoms with van der Waals surface area (Å²) >= 11 is 0. The molecule has 2 amide bonds. The Labute approximate surface area is 126 Å². The predicted molar refractivity (Wildman–Crippen MR) is 77.8 cm³/mol. The Morgan fingerprint density at radius 3 is 2.29 bits per heavy atom. The van der Waals surface area contributed by atoms with Crippen LogP contribution in [0, 0.1) is 5.41 Å². The summed E-state index contributed by atoms with van der Waals surface area (Å²) in [5.41, 5.74) is 0.216. The van der Waals surface area contributed by atoms with Crippen LogP contribution in [0.15, 0.2) is 0 Å². The second-order valence-electron chi connectivity index (χ2n) is 6.72. The number of amides is 2. The summed E-state index contributed by atoms with van der Waals surface area (Å²) in [7, 11) is 2.13. The third-order valence-electron chi connectivity index (χ3n) is 5.06. The zero-order valence-electron chi connectivity index (χ0n) is 12.8. The average molecular weight is 295 g/mol. The molecule has 6 heteroatoms. The molecule has 0 aromatic carbocycles. The molecule has 21 heavy (non-hydrogen) atoms. The van der Waals surface area contributed by atoms with Crippen molar-refractivity contribution >= 4 is 11.8 Å². The van der Waals surface area contributed by atoms with Crippen molar-refractivity contribution in [3.8, 4) is 0 Å². The first-order chi connectivity index (χ1) is 10.1. The zero-order valence-corrected chi connectivity index (χ0v) is 12.8. The third kappa shape index (κ3) is 3.06. The number of carbonyl (C=O) groups is 2. The summed E-state index contributed by atoms with van der Waals surface area (Å²) < 4.78 is 5.24. The smallest absolute Gasteiger partial charge is 0.312 e. The minimum absolute atomic E-state index is 0.216. The molecule has 3 fully saturated rings. The molecular formula is C15H25N3O3. The lowest BCUT2D eigenvalue weighted by Crippen LogP contribution is -2.53. The Balaban J connectivity index is 1.62. The van der Waals surface area contributed by atoms with Gasteiger partial charge in [0, 0.05) is 38.1 Å². The summed E-state index contributed by atoms with van der Waals surface area (Å²) in [6.07, 6.45) is 3.32. The van der Waals surface area contributed by atoms with Crippen LogP contribution in [0.4, 0.5) is 0 Å². The van der Waals surface area contributed by atoms with E-state index in [0.29, 0.717) is 26.3 Å². The van der Waals surface area contributed by atoms with Crippen LogP contribution in [0.3, 0.4) is 0 Å². The molecule has 0 aliphatic carbocycles. The number of nitrogens with zero attached hydrogens (tertiary/aromatic N) is 3. The molecule has 3 heterocycles. The molecule has 118 valence electrons. The van der Waals surface area contributed by atoms with Gasteiger partial charge in [0.25, 0.3) is 0 Å². The van der Waals surface area contributed by atoms with E-state index in [2.05, 4.69) is 11.9 Å². The molecule has 1 atom stereocenters. The van der Waals surface area contributed by atoms with Crippen LogP contribution in [0.2, 0.25) is 0 Å². The lowest BCUT2D eigenvalue weighted by molar-refractivity contribution is -0.155. The molecule has 0 aromatic rings. The summed E-state index contributed by atoms with van der Waals surface area (Å²) in [6.45, 7) is 5.74. The SMILES string of the molecule is CN1CC[C@@]2(CCCN(C(=O)C(=O)N3CCOCC3)C2)C1. The molecular weight excluding hydrogens is 270 g/mol. The van der Waals surface area contributed by atoms with Crippen molar-refractivity contribution in [1.29, 1.82) is 0 Å². The summed E-state index contributed by atoms with van der Waals surface area (Å²) in [4.78, 5) is 30.6. The van der Waals surface area contributed by atoms with E-state index in [1.165, 1.54) is 6.42 Å². The maximum Gasteiger partial charge on any atom is 0.312 e. The van der Waals surface area contributed by atoms with Crippen LogP contribution in [-0.2, 0) is 14.3 Å². The highest BCUT2D eigenvalue weighted by Crippen LogP contribution is 2.38. The molecule has 3 aliphatic heterocycles. The largest absolute Gasteiger partial charge is 0.378 e. The van der Waals surface area contributed by atoms with Crippen molar-refractivity contribution in [3.63, 3.8) is 0 Å². The lowest BCUT2D eigenvalue weighted by Gasteiger charge is -2.40. The van der Waals surface area contributed by atoms with E-state index in [0.717, 1.165) is 39.0 Å². The van der Waals surface area contributed by atoms with Gasteiger partial charge in [-0.05, 0) is 32.9 Å². The van der Waals surface area contributed by atoms with Crippen LogP contribution >= 0.6 is 0 Å². The van der Waals surface area contributed by atoms with Gasteiger partial charge in [-0.3, -0.25) is 9.59 Å². The van der Waals surface area contributed by atoms with Gasteiger partial charge in [-0.1, -0.05) is 0 Å². The van der Waals surface area contributed by atoms with E-state index in [1.807, 2.05) is 0 Å². The quantitative estimate of drug-likeness (QED) is 0.580. The summed E-state index contributed by atoms with van der Waals surface area (Å²) in [5, 5.41) is 0. The molecule has 0 N–H and O–H groups in total. The van der Waals surface area contributed by atoms with E-state index in [1.54, 1.807) is 9.80 Å². The van der Waals surface area contributed by atoms with Crippen molar-refractivity contribution in [2.75, 3.05) is 59.5 Å². The minimum Gasteiger partial charge on any atom is -0.378 e. The number of hydrogen-bond donors (Lipinski definition) is 0. The monoisotopic (exact) mass is 295 g/mol. The van der Waals surface area contributed by atoms with Gasteiger partial charge in [0.1, 0.15) is 0 Å². The fourth-order valence-corrected chi connectivity index (χ4v) is 3.91. The van der Waals surface area contributed by atoms with Crippen LogP contribution in [0.5, 0.6) is 0 Å². The number of rotatable bonds is 0. The number of morpholine rings is 1. The summed E-state index contributed by atoms with van der Waals surface area (Å²) in [6, 6.07) is 0. The van der Waals surface area contributed by atoms with E-state index >= 15 is 0 Å². The van der Waals surface area contributed by atoms with Crippen molar-refractivity contribution in [2.24, 2.45) is 5.41 Å². The van der Waals surface area contributed by atoms with Crippen LogP contribution in [0.1, 0.15) is 19.3 Å². The number of carbonyl (C=O) groups excluding carboxylic acids is 2. The number of hydrogen-bond acceptors (Lipinski definition) is 4. The average Bonchev–Trinajstić information content (AvgIpc) is 2.87. The second-order valence-corrected chi connectivity index (χ2v) is 6.72. The third-order valence-corrected chi connectivity index (χ3v) is 5.06. The molecule has 6 nitrogen and oxygen atoms in total. The van der Waals surface area contributed by atoms with Crippen molar-refractivity contribution in [1.82, 2.24) is 14.7 Å². The lowest BCUT2D eigenvalue weighted by atomic mass is 9.79. The van der Waals surface area contributed by atoms with Gasteiger partial charge in [-0.25, -0.2) is 0 Å². The van der Waals surface area contributed by atoms with Crippen LogP contribution in [0.25, 0.3) is 0 Å². The predicted octanol–water partition coefficient (Wildman–Crippen LogP) is -0.210. The molecule has 3 saturated heterocycles. The zero-order chi connectivity index (χ0) is 14.9. The Hall–Kier alpha value is -1.14. The Morgan fingerprint density at radius 1 is 0.905 bits per heavy atom. The Bertz CT molecular complexity index is 418. The van der Waals surface area contributed by atoms with E-state index < -0.39 is 0 Å². The maximum absolute atomic E-state index is 12.5. The highest BCUT2D eigenvalue weighted by molar-refractivity contribution is 6.34.